The van der Waals surface area contributed by atoms with E-state index in [9.17, 15) is 13.2 Å². The lowest BCUT2D eigenvalue weighted by molar-refractivity contribution is -0.118. The topological polar surface area (TPSA) is 76.1 Å². The minimum Gasteiger partial charge on any atom is -0.355 e. The average Bonchev–Trinajstić information content (AvgIpc) is 2.91. The summed E-state index contributed by atoms with van der Waals surface area (Å²) < 4.78 is 25.0. The first-order chi connectivity index (χ1) is 11.8. The molecule has 0 unspecified atom stereocenters. The Morgan fingerprint density at radius 1 is 1.32 bits per heavy atom. The molecule has 0 saturated heterocycles. The molecule has 1 heterocycles. The smallest absolute Gasteiger partial charge is 0.235 e. The van der Waals surface area contributed by atoms with Crippen LogP contribution in [0.1, 0.15) is 29.1 Å². The van der Waals surface area contributed by atoms with Gasteiger partial charge in [-0.15, -0.1) is 11.3 Å². The molecule has 0 spiro atoms. The number of unbranched alkanes of at least 4 members (excludes halogenated alkanes) is 1. The van der Waals surface area contributed by atoms with Crippen molar-refractivity contribution in [2.75, 3.05) is 12.3 Å². The Bertz CT molecular complexity index is 819. The van der Waals surface area contributed by atoms with E-state index in [2.05, 4.69) is 26.2 Å². The molecule has 0 aliphatic rings. The molecule has 0 fully saturated rings. The number of aryl methyl sites for hydroxylation is 2. The van der Waals surface area contributed by atoms with E-state index >= 15 is 0 Å². The van der Waals surface area contributed by atoms with Crippen LogP contribution in [0.3, 0.4) is 0 Å². The summed E-state index contributed by atoms with van der Waals surface area (Å²) in [6.45, 7) is 2.45. The zero-order valence-electron chi connectivity index (χ0n) is 14.0. The van der Waals surface area contributed by atoms with Crippen LogP contribution in [0.4, 0.5) is 0 Å². The van der Waals surface area contributed by atoms with Crippen molar-refractivity contribution >= 4 is 43.0 Å². The molecule has 0 atom stereocenters. The van der Waals surface area contributed by atoms with E-state index in [0.717, 1.165) is 34.4 Å². The van der Waals surface area contributed by atoms with Crippen molar-refractivity contribution in [1.82, 2.24) is 10.3 Å². The molecule has 0 aliphatic heterocycles. The Kier molecular flexibility index (Phi) is 7.58. The summed E-state index contributed by atoms with van der Waals surface area (Å²) in [5.41, 5.74) is 1.70. The van der Waals surface area contributed by atoms with Gasteiger partial charge in [-0.3, -0.25) is 4.79 Å². The SMILES string of the molecule is Cc1csc(CCCCNC(=O)CS(=O)(=O)Cc2cccc(Br)c2)n1. The van der Waals surface area contributed by atoms with Crippen LogP contribution in [-0.2, 0) is 26.8 Å². The molecule has 0 bridgehead atoms. The minimum absolute atomic E-state index is 0.136. The second-order valence-electron chi connectivity index (χ2n) is 5.85. The maximum Gasteiger partial charge on any atom is 0.235 e. The van der Waals surface area contributed by atoms with Crippen LogP contribution >= 0.6 is 27.3 Å². The van der Waals surface area contributed by atoms with Gasteiger partial charge in [-0.2, -0.15) is 0 Å². The zero-order chi connectivity index (χ0) is 18.3. The van der Waals surface area contributed by atoms with Gasteiger partial charge in [-0.05, 0) is 43.9 Å². The number of hydrogen-bond donors (Lipinski definition) is 1. The Labute approximate surface area is 160 Å². The Balaban J connectivity index is 1.68. The molecular weight excluding hydrogens is 424 g/mol. The lowest BCUT2D eigenvalue weighted by Gasteiger charge is -2.07. The number of benzene rings is 1. The van der Waals surface area contributed by atoms with Crippen molar-refractivity contribution in [2.45, 2.75) is 31.9 Å². The Morgan fingerprint density at radius 3 is 2.80 bits per heavy atom. The number of carbonyl (C=O) groups excluding carboxylic acids is 1. The van der Waals surface area contributed by atoms with Crippen LogP contribution in [0.25, 0.3) is 0 Å². The lowest BCUT2D eigenvalue weighted by Crippen LogP contribution is -2.31. The van der Waals surface area contributed by atoms with Gasteiger partial charge in [0.2, 0.25) is 5.91 Å². The van der Waals surface area contributed by atoms with Crippen molar-refractivity contribution in [3.8, 4) is 0 Å². The Hall–Kier alpha value is -1.25. The predicted molar refractivity (Wildman–Crippen MR) is 104 cm³/mol. The standard InChI is InChI=1S/C17H21BrN2O3S2/c1-13-10-24-17(20-13)7-2-3-8-19-16(21)12-25(22,23)11-14-5-4-6-15(18)9-14/h4-6,9-10H,2-3,7-8,11-12H2,1H3,(H,19,21). The van der Waals surface area contributed by atoms with E-state index in [0.29, 0.717) is 12.1 Å². The number of thiazole rings is 1. The van der Waals surface area contributed by atoms with Crippen LogP contribution < -0.4 is 5.32 Å². The van der Waals surface area contributed by atoms with Crippen LogP contribution in [0, 0.1) is 6.92 Å². The number of sulfone groups is 1. The number of halogens is 1. The number of carbonyl (C=O) groups is 1. The molecule has 25 heavy (non-hydrogen) atoms. The van der Waals surface area contributed by atoms with E-state index in [1.807, 2.05) is 18.4 Å². The maximum atomic E-state index is 12.1. The van der Waals surface area contributed by atoms with E-state index in [4.69, 9.17) is 0 Å². The van der Waals surface area contributed by atoms with Crippen molar-refractivity contribution in [3.05, 3.63) is 50.4 Å². The molecule has 0 radical (unpaired) electrons. The van der Waals surface area contributed by atoms with Gasteiger partial charge in [-0.25, -0.2) is 13.4 Å². The molecule has 0 saturated carbocycles. The lowest BCUT2D eigenvalue weighted by atomic mass is 10.2. The van der Waals surface area contributed by atoms with Crippen LogP contribution in [0.2, 0.25) is 0 Å². The van der Waals surface area contributed by atoms with Crippen LogP contribution in [0.5, 0.6) is 0 Å². The van der Waals surface area contributed by atoms with Crippen molar-refractivity contribution in [1.29, 1.82) is 0 Å². The predicted octanol–water partition coefficient (Wildman–Crippen LogP) is 3.27. The van der Waals surface area contributed by atoms with Gasteiger partial charge >= 0.3 is 0 Å². The molecule has 8 heteroatoms. The first-order valence-electron chi connectivity index (χ1n) is 7.97. The first-order valence-corrected chi connectivity index (χ1v) is 11.5. The maximum absolute atomic E-state index is 12.1. The largest absolute Gasteiger partial charge is 0.355 e. The molecule has 5 nitrogen and oxygen atoms in total. The third kappa shape index (κ3) is 7.66. The quantitative estimate of drug-likeness (QED) is 0.602. The van der Waals surface area contributed by atoms with Gasteiger partial charge in [0.25, 0.3) is 0 Å². The highest BCUT2D eigenvalue weighted by molar-refractivity contribution is 9.10. The van der Waals surface area contributed by atoms with E-state index in [1.54, 1.807) is 29.5 Å². The molecule has 1 N–H and O–H groups in total. The Morgan fingerprint density at radius 2 is 2.12 bits per heavy atom. The summed E-state index contributed by atoms with van der Waals surface area (Å²) in [5, 5.41) is 5.80. The highest BCUT2D eigenvalue weighted by Gasteiger charge is 2.17. The van der Waals surface area contributed by atoms with Crippen molar-refractivity contribution < 1.29 is 13.2 Å². The van der Waals surface area contributed by atoms with Gasteiger partial charge in [0.15, 0.2) is 9.84 Å². The number of nitrogens with zero attached hydrogens (tertiary/aromatic N) is 1. The molecule has 1 aromatic carbocycles. The number of amides is 1. The van der Waals surface area contributed by atoms with Gasteiger partial charge in [0, 0.05) is 22.1 Å². The van der Waals surface area contributed by atoms with E-state index in [1.165, 1.54) is 0 Å². The van der Waals surface area contributed by atoms with Crippen LogP contribution in [0.15, 0.2) is 34.1 Å². The minimum atomic E-state index is -3.47. The van der Waals surface area contributed by atoms with Crippen molar-refractivity contribution in [2.24, 2.45) is 0 Å². The molecule has 2 rings (SSSR count). The van der Waals surface area contributed by atoms with E-state index < -0.39 is 21.5 Å². The number of aromatic nitrogens is 1. The highest BCUT2D eigenvalue weighted by Crippen LogP contribution is 2.14. The van der Waals surface area contributed by atoms with Gasteiger partial charge < -0.3 is 5.32 Å². The van der Waals surface area contributed by atoms with Gasteiger partial charge in [0.1, 0.15) is 5.75 Å². The fourth-order valence-electron chi connectivity index (χ4n) is 2.33. The summed E-state index contributed by atoms with van der Waals surface area (Å²) in [6, 6.07) is 7.09. The summed E-state index contributed by atoms with van der Waals surface area (Å²) in [4.78, 5) is 16.2. The molecule has 2 aromatic rings. The fourth-order valence-corrected chi connectivity index (χ4v) is 4.88. The monoisotopic (exact) mass is 444 g/mol. The highest BCUT2D eigenvalue weighted by atomic mass is 79.9. The third-order valence-corrected chi connectivity index (χ3v) is 6.43. The third-order valence-electron chi connectivity index (χ3n) is 3.43. The summed E-state index contributed by atoms with van der Waals surface area (Å²) in [6.07, 6.45) is 2.60. The molecule has 136 valence electrons. The number of nitrogens with one attached hydrogen (secondary N) is 1. The normalized spacial score (nSPS) is 11.4. The molecule has 1 amide bonds. The second-order valence-corrected chi connectivity index (χ2v) is 9.77. The number of rotatable bonds is 9. The van der Waals surface area contributed by atoms with E-state index in [-0.39, 0.29) is 5.75 Å². The number of hydrogen-bond acceptors (Lipinski definition) is 5. The fraction of sp³-hybridized carbons (Fsp3) is 0.412. The molecule has 0 aliphatic carbocycles. The van der Waals surface area contributed by atoms with Crippen LogP contribution in [-0.4, -0.2) is 31.6 Å². The summed E-state index contributed by atoms with van der Waals surface area (Å²) >= 11 is 4.95. The first kappa shape index (κ1) is 20.1. The molecular formula is C17H21BrN2O3S2. The summed E-state index contributed by atoms with van der Waals surface area (Å²) in [5.74, 6) is -1.06. The molecule has 1 aromatic heterocycles. The van der Waals surface area contributed by atoms with Crippen molar-refractivity contribution in [3.63, 3.8) is 0 Å². The second kappa shape index (κ2) is 9.45. The zero-order valence-corrected chi connectivity index (χ0v) is 17.2. The average molecular weight is 445 g/mol. The summed E-state index contributed by atoms with van der Waals surface area (Å²) in [7, 11) is -3.47. The van der Waals surface area contributed by atoms with Gasteiger partial charge in [0.05, 0.1) is 10.8 Å². The van der Waals surface area contributed by atoms with Gasteiger partial charge in [-0.1, -0.05) is 28.1 Å².